The van der Waals surface area contributed by atoms with Crippen molar-refractivity contribution in [3.63, 3.8) is 0 Å². The lowest BCUT2D eigenvalue weighted by Gasteiger charge is -2.32. The van der Waals surface area contributed by atoms with E-state index in [1.807, 2.05) is 11.0 Å². The Hall–Kier alpha value is -1.91. The molecule has 5 nitrogen and oxygen atoms in total. The Kier molecular flexibility index (Phi) is 3.19. The molecule has 0 aromatic heterocycles. The molecule has 5 heteroatoms. The quantitative estimate of drug-likeness (QED) is 0.798. The monoisotopic (exact) mass is 260 g/mol. The molecule has 3 N–H and O–H groups in total. The summed E-state index contributed by atoms with van der Waals surface area (Å²) in [7, 11) is 0. The lowest BCUT2D eigenvalue weighted by atomic mass is 10.0. The molecule has 19 heavy (non-hydrogen) atoms. The number of nitrogens with zero attached hydrogens (tertiary/aromatic N) is 2. The number of rotatable bonds is 3. The first-order chi connectivity index (χ1) is 9.24. The van der Waals surface area contributed by atoms with E-state index in [4.69, 9.17) is 5.73 Å². The zero-order chi connectivity index (χ0) is 13.2. The Morgan fingerprint density at radius 1 is 1.21 bits per heavy atom. The van der Waals surface area contributed by atoms with Crippen LogP contribution in [0.4, 0.5) is 16.2 Å². The molecule has 2 heterocycles. The highest BCUT2D eigenvalue weighted by Gasteiger charge is 2.22. The summed E-state index contributed by atoms with van der Waals surface area (Å²) >= 11 is 0. The zero-order valence-electron chi connectivity index (χ0n) is 11.1. The Morgan fingerprint density at radius 2 is 2.05 bits per heavy atom. The van der Waals surface area contributed by atoms with Crippen LogP contribution >= 0.6 is 0 Å². The van der Waals surface area contributed by atoms with Gasteiger partial charge in [-0.25, -0.2) is 4.79 Å². The molecule has 0 radical (unpaired) electrons. The number of aryl methyl sites for hydroxylation is 1. The third-order valence-electron chi connectivity index (χ3n) is 3.91. The van der Waals surface area contributed by atoms with Crippen molar-refractivity contribution < 1.29 is 4.79 Å². The van der Waals surface area contributed by atoms with Gasteiger partial charge in [0.05, 0.1) is 0 Å². The molecule has 2 aliphatic heterocycles. The second kappa shape index (κ2) is 4.99. The molecule has 1 aromatic rings. The van der Waals surface area contributed by atoms with E-state index in [0.29, 0.717) is 0 Å². The van der Waals surface area contributed by atoms with Crippen LogP contribution in [0.5, 0.6) is 0 Å². The molecule has 0 bridgehead atoms. The van der Waals surface area contributed by atoms with Gasteiger partial charge in [0.15, 0.2) is 0 Å². The summed E-state index contributed by atoms with van der Waals surface area (Å²) in [5.74, 6) is 0. The van der Waals surface area contributed by atoms with Gasteiger partial charge in [-0.2, -0.15) is 0 Å². The second-order valence-corrected chi connectivity index (χ2v) is 5.20. The molecule has 0 unspecified atom stereocenters. The number of benzene rings is 1. The molecule has 2 aliphatic rings. The molecular formula is C14H20N4O. The molecule has 2 amide bonds. The number of fused-ring (bicyclic) bond motifs is 1. The predicted octanol–water partition coefficient (Wildman–Crippen LogP) is 1.05. The topological polar surface area (TPSA) is 61.6 Å². The van der Waals surface area contributed by atoms with E-state index in [1.165, 1.54) is 17.7 Å². The van der Waals surface area contributed by atoms with Crippen molar-refractivity contribution in [3.05, 3.63) is 23.8 Å². The Morgan fingerprint density at radius 3 is 2.84 bits per heavy atom. The number of nitrogen functional groups attached to an aromatic ring is 1. The van der Waals surface area contributed by atoms with E-state index < -0.39 is 0 Å². The highest BCUT2D eigenvalue weighted by atomic mass is 16.2. The highest BCUT2D eigenvalue weighted by molar-refractivity contribution is 5.76. The lowest BCUT2D eigenvalue weighted by Crippen LogP contribution is -2.39. The summed E-state index contributed by atoms with van der Waals surface area (Å²) in [6, 6.07) is 6.21. The van der Waals surface area contributed by atoms with Crippen molar-refractivity contribution >= 4 is 17.4 Å². The van der Waals surface area contributed by atoms with E-state index in [1.54, 1.807) is 0 Å². The van der Waals surface area contributed by atoms with E-state index in [-0.39, 0.29) is 6.03 Å². The standard InChI is InChI=1S/C14H20N4O/c15-12-4-3-11-2-1-6-17(13(11)10-12)8-9-18-7-5-16-14(18)19/h3-4,10H,1-2,5-9,15H2,(H,16,19). The normalized spacial score (nSPS) is 18.4. The van der Waals surface area contributed by atoms with Gasteiger partial charge in [0.2, 0.25) is 0 Å². The van der Waals surface area contributed by atoms with Gasteiger partial charge < -0.3 is 20.9 Å². The number of hydrogen-bond acceptors (Lipinski definition) is 3. The van der Waals surface area contributed by atoms with E-state index in [2.05, 4.69) is 22.3 Å². The fourth-order valence-electron chi connectivity index (χ4n) is 2.87. The molecular weight excluding hydrogens is 240 g/mol. The average Bonchev–Trinajstić information content (AvgIpc) is 2.82. The summed E-state index contributed by atoms with van der Waals surface area (Å²) in [6.45, 7) is 4.29. The van der Waals surface area contributed by atoms with Crippen molar-refractivity contribution in [2.45, 2.75) is 12.8 Å². The van der Waals surface area contributed by atoms with Crippen molar-refractivity contribution in [2.75, 3.05) is 43.4 Å². The van der Waals surface area contributed by atoms with Gasteiger partial charge in [0.25, 0.3) is 0 Å². The molecule has 0 aliphatic carbocycles. The van der Waals surface area contributed by atoms with Gasteiger partial charge in [-0.3, -0.25) is 0 Å². The van der Waals surface area contributed by atoms with Crippen LogP contribution in [-0.4, -0.2) is 43.7 Å². The maximum atomic E-state index is 11.5. The number of urea groups is 1. The number of amides is 2. The Labute approximate surface area is 113 Å². The van der Waals surface area contributed by atoms with Gasteiger partial charge in [-0.1, -0.05) is 6.07 Å². The Bertz CT molecular complexity index is 488. The fraction of sp³-hybridized carbons (Fsp3) is 0.500. The third-order valence-corrected chi connectivity index (χ3v) is 3.91. The summed E-state index contributed by atoms with van der Waals surface area (Å²) in [4.78, 5) is 15.7. The van der Waals surface area contributed by atoms with E-state index in [0.717, 1.165) is 44.8 Å². The van der Waals surface area contributed by atoms with Crippen LogP contribution in [0.2, 0.25) is 0 Å². The number of carbonyl (C=O) groups is 1. The molecule has 0 spiro atoms. The van der Waals surface area contributed by atoms with Gasteiger partial charge in [0, 0.05) is 44.1 Å². The summed E-state index contributed by atoms with van der Waals surface area (Å²) < 4.78 is 0. The molecule has 1 fully saturated rings. The van der Waals surface area contributed by atoms with Crippen LogP contribution in [0.3, 0.4) is 0 Å². The number of hydrogen-bond donors (Lipinski definition) is 2. The van der Waals surface area contributed by atoms with Crippen LogP contribution < -0.4 is 16.0 Å². The van der Waals surface area contributed by atoms with Crippen molar-refractivity contribution in [1.82, 2.24) is 10.2 Å². The largest absolute Gasteiger partial charge is 0.399 e. The first kappa shape index (κ1) is 12.1. The smallest absolute Gasteiger partial charge is 0.317 e. The molecule has 1 aromatic carbocycles. The van der Waals surface area contributed by atoms with Crippen LogP contribution in [0.25, 0.3) is 0 Å². The minimum absolute atomic E-state index is 0.0600. The first-order valence-corrected chi connectivity index (χ1v) is 6.90. The molecule has 0 saturated carbocycles. The summed E-state index contributed by atoms with van der Waals surface area (Å²) in [6.07, 6.45) is 2.29. The fourth-order valence-corrected chi connectivity index (χ4v) is 2.87. The molecule has 3 rings (SSSR count). The average molecular weight is 260 g/mol. The molecule has 1 saturated heterocycles. The summed E-state index contributed by atoms with van der Waals surface area (Å²) in [5.41, 5.74) is 9.30. The van der Waals surface area contributed by atoms with Gasteiger partial charge in [0.1, 0.15) is 0 Å². The molecule has 102 valence electrons. The van der Waals surface area contributed by atoms with Crippen molar-refractivity contribution in [2.24, 2.45) is 0 Å². The maximum absolute atomic E-state index is 11.5. The number of anilines is 2. The van der Waals surface area contributed by atoms with Crippen molar-refractivity contribution in [3.8, 4) is 0 Å². The van der Waals surface area contributed by atoms with E-state index >= 15 is 0 Å². The molecule has 0 atom stereocenters. The number of carbonyl (C=O) groups excluding carboxylic acids is 1. The van der Waals surface area contributed by atoms with Crippen LogP contribution in [0.1, 0.15) is 12.0 Å². The predicted molar refractivity (Wildman–Crippen MR) is 76.4 cm³/mol. The Balaban J connectivity index is 1.69. The minimum Gasteiger partial charge on any atom is -0.399 e. The van der Waals surface area contributed by atoms with Crippen LogP contribution in [0, 0.1) is 0 Å². The highest BCUT2D eigenvalue weighted by Crippen LogP contribution is 2.28. The number of nitrogens with two attached hydrogens (primary N) is 1. The van der Waals surface area contributed by atoms with Crippen LogP contribution in [0.15, 0.2) is 18.2 Å². The maximum Gasteiger partial charge on any atom is 0.317 e. The summed E-state index contributed by atoms with van der Waals surface area (Å²) in [5, 5.41) is 2.83. The first-order valence-electron chi connectivity index (χ1n) is 6.90. The van der Waals surface area contributed by atoms with Gasteiger partial charge in [-0.05, 0) is 30.5 Å². The SMILES string of the molecule is Nc1ccc2c(c1)N(CCN1CCNC1=O)CCC2. The third kappa shape index (κ3) is 2.45. The van der Waals surface area contributed by atoms with Crippen LogP contribution in [-0.2, 0) is 6.42 Å². The van der Waals surface area contributed by atoms with Gasteiger partial charge in [-0.15, -0.1) is 0 Å². The minimum atomic E-state index is 0.0600. The number of nitrogens with one attached hydrogen (secondary N) is 1. The van der Waals surface area contributed by atoms with E-state index in [9.17, 15) is 4.79 Å². The lowest BCUT2D eigenvalue weighted by molar-refractivity contribution is 0.218. The van der Waals surface area contributed by atoms with Crippen molar-refractivity contribution in [1.29, 1.82) is 0 Å². The zero-order valence-corrected chi connectivity index (χ0v) is 11.1. The van der Waals surface area contributed by atoms with Gasteiger partial charge >= 0.3 is 6.03 Å². The second-order valence-electron chi connectivity index (χ2n) is 5.20.